The van der Waals surface area contributed by atoms with Crippen LogP contribution >= 0.6 is 11.6 Å². The molecule has 0 aliphatic carbocycles. The van der Waals surface area contributed by atoms with Crippen LogP contribution in [0.25, 0.3) is 0 Å². The lowest BCUT2D eigenvalue weighted by atomic mass is 10.1. The summed E-state index contributed by atoms with van der Waals surface area (Å²) in [4.78, 5) is 0. The number of ether oxygens (including phenoxy) is 2. The highest BCUT2D eigenvalue weighted by Crippen LogP contribution is 2.37. The van der Waals surface area contributed by atoms with Crippen molar-refractivity contribution in [1.29, 1.82) is 0 Å². The van der Waals surface area contributed by atoms with Crippen molar-refractivity contribution in [1.82, 2.24) is 0 Å². The first-order chi connectivity index (χ1) is 13.0. The van der Waals surface area contributed by atoms with E-state index >= 15 is 0 Å². The Labute approximate surface area is 163 Å². The molecule has 140 valence electrons. The lowest BCUT2D eigenvalue weighted by molar-refractivity contribution is 0.284. The second-order valence-corrected chi connectivity index (χ2v) is 6.65. The van der Waals surface area contributed by atoms with E-state index in [1.807, 2.05) is 24.3 Å². The Morgan fingerprint density at radius 1 is 1.00 bits per heavy atom. The summed E-state index contributed by atoms with van der Waals surface area (Å²) < 4.78 is 24.3. The highest BCUT2D eigenvalue weighted by Gasteiger charge is 2.12. The third-order valence-electron chi connectivity index (χ3n) is 4.10. The maximum Gasteiger partial charge on any atom is 0.180 e. The molecule has 0 saturated carbocycles. The van der Waals surface area contributed by atoms with Gasteiger partial charge in [0, 0.05) is 12.2 Å². The molecule has 0 atom stereocenters. The number of aryl methyl sites for hydroxylation is 1. The summed E-state index contributed by atoms with van der Waals surface area (Å²) in [7, 11) is 1.58. The van der Waals surface area contributed by atoms with E-state index < -0.39 is 0 Å². The van der Waals surface area contributed by atoms with Gasteiger partial charge in [-0.05, 0) is 60.0 Å². The van der Waals surface area contributed by atoms with Gasteiger partial charge >= 0.3 is 0 Å². The van der Waals surface area contributed by atoms with Crippen LogP contribution in [-0.4, -0.2) is 7.11 Å². The van der Waals surface area contributed by atoms with Crippen LogP contribution in [0, 0.1) is 12.7 Å². The number of methoxy groups -OCH3 is 1. The van der Waals surface area contributed by atoms with E-state index in [2.05, 4.69) is 24.4 Å². The summed E-state index contributed by atoms with van der Waals surface area (Å²) in [6.07, 6.45) is 0. The Hall–Kier alpha value is -2.72. The molecular weight excluding hydrogens is 365 g/mol. The molecule has 0 bridgehead atoms. The van der Waals surface area contributed by atoms with Crippen molar-refractivity contribution in [2.24, 2.45) is 0 Å². The first-order valence-electron chi connectivity index (χ1n) is 8.59. The van der Waals surface area contributed by atoms with Gasteiger partial charge < -0.3 is 14.8 Å². The van der Waals surface area contributed by atoms with Crippen LogP contribution in [-0.2, 0) is 13.2 Å². The fraction of sp³-hybridized carbons (Fsp3) is 0.182. The lowest BCUT2D eigenvalue weighted by Gasteiger charge is -2.15. The van der Waals surface area contributed by atoms with Crippen molar-refractivity contribution < 1.29 is 13.9 Å². The third kappa shape index (κ3) is 5.14. The minimum atomic E-state index is -0.278. The molecule has 0 unspecified atom stereocenters. The number of hydrogen-bond donors (Lipinski definition) is 1. The quantitative estimate of drug-likeness (QED) is 0.542. The first kappa shape index (κ1) is 19.1. The fourth-order valence-electron chi connectivity index (χ4n) is 2.71. The first-order valence-corrected chi connectivity index (χ1v) is 8.97. The van der Waals surface area contributed by atoms with Gasteiger partial charge in [0.1, 0.15) is 12.4 Å². The number of nitrogens with one attached hydrogen (secondary N) is 1. The summed E-state index contributed by atoms with van der Waals surface area (Å²) in [5.41, 5.74) is 4.06. The van der Waals surface area contributed by atoms with Gasteiger partial charge in [-0.15, -0.1) is 0 Å². The number of anilines is 1. The topological polar surface area (TPSA) is 30.5 Å². The average Bonchev–Trinajstić information content (AvgIpc) is 2.66. The Morgan fingerprint density at radius 3 is 2.48 bits per heavy atom. The Morgan fingerprint density at radius 2 is 1.78 bits per heavy atom. The number of hydrogen-bond acceptors (Lipinski definition) is 3. The SMILES string of the molecule is COc1cc(CNc2cccc(C)c2)cc(Cl)c1OCc1ccc(F)cc1. The molecule has 0 aliphatic heterocycles. The van der Waals surface area contributed by atoms with Gasteiger partial charge in [0.15, 0.2) is 11.5 Å². The summed E-state index contributed by atoms with van der Waals surface area (Å²) in [5, 5.41) is 3.84. The van der Waals surface area contributed by atoms with Crippen LogP contribution in [0.2, 0.25) is 5.02 Å². The molecular formula is C22H21ClFNO2. The highest BCUT2D eigenvalue weighted by atomic mass is 35.5. The molecule has 3 nitrogen and oxygen atoms in total. The van der Waals surface area contributed by atoms with Gasteiger partial charge in [-0.2, -0.15) is 0 Å². The number of halogens is 2. The predicted molar refractivity (Wildman–Crippen MR) is 107 cm³/mol. The molecule has 0 heterocycles. The molecule has 3 aromatic rings. The molecule has 0 amide bonds. The summed E-state index contributed by atoms with van der Waals surface area (Å²) in [5.74, 6) is 0.758. The molecule has 3 rings (SSSR count). The average molecular weight is 386 g/mol. The summed E-state index contributed by atoms with van der Waals surface area (Å²) >= 11 is 6.42. The van der Waals surface area contributed by atoms with Crippen molar-refractivity contribution in [2.45, 2.75) is 20.1 Å². The molecule has 0 aliphatic rings. The zero-order chi connectivity index (χ0) is 19.2. The molecule has 0 saturated heterocycles. The van der Waals surface area contributed by atoms with Crippen LogP contribution in [0.15, 0.2) is 60.7 Å². The molecule has 0 spiro atoms. The minimum absolute atomic E-state index is 0.275. The molecule has 3 aromatic carbocycles. The second kappa shape index (κ2) is 8.78. The van der Waals surface area contributed by atoms with E-state index in [1.54, 1.807) is 19.2 Å². The normalized spacial score (nSPS) is 10.5. The molecule has 5 heteroatoms. The van der Waals surface area contributed by atoms with E-state index in [4.69, 9.17) is 21.1 Å². The van der Waals surface area contributed by atoms with Crippen LogP contribution in [0.5, 0.6) is 11.5 Å². The van der Waals surface area contributed by atoms with Crippen LogP contribution in [0.3, 0.4) is 0 Å². The van der Waals surface area contributed by atoms with E-state index in [0.29, 0.717) is 23.1 Å². The number of benzene rings is 3. The van der Waals surface area contributed by atoms with Crippen LogP contribution < -0.4 is 14.8 Å². The molecule has 0 aromatic heterocycles. The Balaban J connectivity index is 1.71. The van der Waals surface area contributed by atoms with Crippen molar-refractivity contribution >= 4 is 17.3 Å². The largest absolute Gasteiger partial charge is 0.493 e. The summed E-state index contributed by atoms with van der Waals surface area (Å²) in [6.45, 7) is 2.94. The van der Waals surface area contributed by atoms with Crippen molar-refractivity contribution in [3.63, 3.8) is 0 Å². The van der Waals surface area contributed by atoms with Crippen molar-refractivity contribution in [3.8, 4) is 11.5 Å². The zero-order valence-electron chi connectivity index (χ0n) is 15.3. The summed E-state index contributed by atoms with van der Waals surface area (Å²) in [6, 6.07) is 18.1. The van der Waals surface area contributed by atoms with Crippen LogP contribution in [0.1, 0.15) is 16.7 Å². The smallest absolute Gasteiger partial charge is 0.180 e. The van der Waals surface area contributed by atoms with Crippen molar-refractivity contribution in [2.75, 3.05) is 12.4 Å². The zero-order valence-corrected chi connectivity index (χ0v) is 16.0. The van der Waals surface area contributed by atoms with E-state index in [1.165, 1.54) is 17.7 Å². The Kier molecular flexibility index (Phi) is 6.20. The third-order valence-corrected chi connectivity index (χ3v) is 4.38. The van der Waals surface area contributed by atoms with Gasteiger partial charge in [-0.1, -0.05) is 35.9 Å². The van der Waals surface area contributed by atoms with E-state index in [9.17, 15) is 4.39 Å². The van der Waals surface area contributed by atoms with Gasteiger partial charge in [-0.25, -0.2) is 4.39 Å². The van der Waals surface area contributed by atoms with Crippen molar-refractivity contribution in [3.05, 3.63) is 88.2 Å². The second-order valence-electron chi connectivity index (χ2n) is 6.25. The Bertz CT molecular complexity index is 913. The maximum absolute atomic E-state index is 13.0. The fourth-order valence-corrected chi connectivity index (χ4v) is 3.00. The minimum Gasteiger partial charge on any atom is -0.493 e. The van der Waals surface area contributed by atoms with Crippen LogP contribution in [0.4, 0.5) is 10.1 Å². The molecule has 0 radical (unpaired) electrons. The molecule has 0 fully saturated rings. The van der Waals surface area contributed by atoms with E-state index in [0.717, 1.165) is 16.8 Å². The number of rotatable bonds is 7. The molecule has 27 heavy (non-hydrogen) atoms. The monoisotopic (exact) mass is 385 g/mol. The van der Waals surface area contributed by atoms with Gasteiger partial charge in [0.2, 0.25) is 0 Å². The lowest BCUT2D eigenvalue weighted by Crippen LogP contribution is -2.03. The van der Waals surface area contributed by atoms with Gasteiger partial charge in [-0.3, -0.25) is 0 Å². The predicted octanol–water partition coefficient (Wildman–Crippen LogP) is 5.99. The maximum atomic E-state index is 13.0. The highest BCUT2D eigenvalue weighted by molar-refractivity contribution is 6.32. The molecule has 1 N–H and O–H groups in total. The van der Waals surface area contributed by atoms with Gasteiger partial charge in [0.25, 0.3) is 0 Å². The van der Waals surface area contributed by atoms with E-state index in [-0.39, 0.29) is 12.4 Å². The standard InChI is InChI=1S/C22H21ClFNO2/c1-15-4-3-5-19(10-15)25-13-17-11-20(23)22(21(12-17)26-2)27-14-16-6-8-18(24)9-7-16/h3-12,25H,13-14H2,1-2H3. The van der Waals surface area contributed by atoms with Gasteiger partial charge in [0.05, 0.1) is 12.1 Å².